The van der Waals surface area contributed by atoms with Gasteiger partial charge in [-0.2, -0.15) is 0 Å². The van der Waals surface area contributed by atoms with Gasteiger partial charge in [0.15, 0.2) is 0 Å². The highest BCUT2D eigenvalue weighted by atomic mass is 16.3. The van der Waals surface area contributed by atoms with Crippen LogP contribution in [0.2, 0.25) is 0 Å². The molecule has 0 aliphatic heterocycles. The van der Waals surface area contributed by atoms with Crippen LogP contribution >= 0.6 is 0 Å². The molecular formula is C120H78N2O2. The number of para-hydroxylation sites is 4. The number of rotatable bonds is 14. The fourth-order valence-electron chi connectivity index (χ4n) is 18.6. The first-order chi connectivity index (χ1) is 61.4. The monoisotopic (exact) mass is 1580 g/mol. The standard InChI is InChI=1S/2C60H39NO/c1-5-15-40(16-6-1)43-21-13-22-44(33-43)48-34-49(36-50(35-48)47-29-32-59-56(39-47)53-26-14-25-52(60(53)62-59)42-19-9-3-10-20-42)46-28-31-58-55(38-46)54-37-45(41-17-7-2-8-18-41)27-30-57(54)61(58)51-23-11-4-12-24-51;1-5-14-40(15-6-1)42-24-26-43(27-25-42)48-34-49(36-50(35-48)47-30-33-59-56(39-47)53-23-13-22-52(60(53)62-59)44-18-9-3-10-19-44)46-29-32-58-55(38-46)54-37-45(41-16-7-2-8-17-41)28-31-57(54)61(58)51-20-11-4-12-21-51/h2*1-39H. The molecule has 0 unspecified atom stereocenters. The topological polar surface area (TPSA) is 36.1 Å². The van der Waals surface area contributed by atoms with Gasteiger partial charge in [0.05, 0.1) is 22.1 Å². The zero-order valence-corrected chi connectivity index (χ0v) is 67.7. The molecule has 0 spiro atoms. The highest BCUT2D eigenvalue weighted by Gasteiger charge is 2.22. The van der Waals surface area contributed by atoms with E-state index in [9.17, 15) is 0 Å². The molecule has 0 amide bonds. The van der Waals surface area contributed by atoms with Gasteiger partial charge in [-0.1, -0.05) is 334 Å². The van der Waals surface area contributed by atoms with Crippen LogP contribution in [0.4, 0.5) is 0 Å². The van der Waals surface area contributed by atoms with Crippen LogP contribution in [0.15, 0.2) is 482 Å². The fourth-order valence-corrected chi connectivity index (χ4v) is 18.6. The van der Waals surface area contributed by atoms with E-state index in [1.165, 1.54) is 116 Å². The minimum Gasteiger partial charge on any atom is -0.455 e. The second kappa shape index (κ2) is 31.1. The molecule has 0 bridgehead atoms. The van der Waals surface area contributed by atoms with Gasteiger partial charge in [-0.3, -0.25) is 0 Å². The van der Waals surface area contributed by atoms with Gasteiger partial charge in [0.2, 0.25) is 0 Å². The minimum atomic E-state index is 0.884. The van der Waals surface area contributed by atoms with Crippen LogP contribution < -0.4 is 0 Å². The Morgan fingerprint density at radius 1 is 0.129 bits per heavy atom. The first-order valence-corrected chi connectivity index (χ1v) is 42.5. The van der Waals surface area contributed by atoms with Crippen molar-refractivity contribution in [2.24, 2.45) is 0 Å². The Labute approximate surface area is 718 Å². The molecule has 4 heterocycles. The lowest BCUT2D eigenvalue weighted by Crippen LogP contribution is -1.93. The number of fused-ring (bicyclic) bond motifs is 12. The summed E-state index contributed by atoms with van der Waals surface area (Å²) in [5.74, 6) is 0. The zero-order chi connectivity index (χ0) is 82.0. The van der Waals surface area contributed by atoms with Gasteiger partial charge >= 0.3 is 0 Å². The SMILES string of the molecule is c1ccc(-c2ccc(-c3cc(-c4ccc5oc6c(-c7ccccc7)cccc6c5c4)cc(-c4ccc5c(c4)c4cc(-c6ccccc6)ccc4n5-c4ccccc4)c3)cc2)cc1.c1ccc(-c2cccc(-c3cc(-c4ccc5oc6c(-c7ccccc7)cccc6c5c4)cc(-c4ccc5c(c4)c4cc(-c6ccccc6)ccc4n5-c4ccccc4)c3)c2)cc1. The van der Waals surface area contributed by atoms with Crippen LogP contribution in [-0.2, 0) is 0 Å². The van der Waals surface area contributed by atoms with E-state index in [1.807, 2.05) is 0 Å². The minimum absolute atomic E-state index is 0.884. The van der Waals surface area contributed by atoms with E-state index in [-0.39, 0.29) is 0 Å². The molecule has 20 aromatic carbocycles. The second-order valence-electron chi connectivity index (χ2n) is 32.2. The lowest BCUT2D eigenvalue weighted by Gasteiger charge is -2.13. The maximum atomic E-state index is 6.61. The average molecular weight is 1580 g/mol. The maximum Gasteiger partial charge on any atom is 0.143 e. The lowest BCUT2D eigenvalue weighted by atomic mass is 9.91. The zero-order valence-electron chi connectivity index (χ0n) is 67.7. The Bertz CT molecular complexity index is 8150. The van der Waals surface area contributed by atoms with E-state index in [0.29, 0.717) is 0 Å². The van der Waals surface area contributed by atoms with Crippen molar-refractivity contribution in [2.75, 3.05) is 0 Å². The Morgan fingerprint density at radius 3 is 0.669 bits per heavy atom. The van der Waals surface area contributed by atoms with Gasteiger partial charge < -0.3 is 18.0 Å². The van der Waals surface area contributed by atoms with E-state index in [1.54, 1.807) is 0 Å². The molecule has 580 valence electrons. The van der Waals surface area contributed by atoms with Gasteiger partial charge in [0.1, 0.15) is 22.3 Å². The van der Waals surface area contributed by atoms with Crippen molar-refractivity contribution in [1.29, 1.82) is 0 Å². The summed E-state index contributed by atoms with van der Waals surface area (Å²) < 4.78 is 18.0. The Morgan fingerprint density at radius 2 is 0.339 bits per heavy atom. The van der Waals surface area contributed by atoms with E-state index >= 15 is 0 Å². The summed E-state index contributed by atoms with van der Waals surface area (Å²) in [7, 11) is 0. The molecular weight excluding hydrogens is 1500 g/mol. The van der Waals surface area contributed by atoms with Crippen molar-refractivity contribution in [2.45, 2.75) is 0 Å². The van der Waals surface area contributed by atoms with Crippen molar-refractivity contribution < 1.29 is 8.83 Å². The van der Waals surface area contributed by atoms with Gasteiger partial charge in [0, 0.05) is 65.6 Å². The predicted octanol–water partition coefficient (Wildman–Crippen LogP) is 33.4. The molecule has 0 radical (unpaired) electrons. The number of aromatic nitrogens is 2. The van der Waals surface area contributed by atoms with E-state index in [2.05, 4.69) is 482 Å². The third-order valence-electron chi connectivity index (χ3n) is 24.8. The Balaban J connectivity index is 0.000000143. The van der Waals surface area contributed by atoms with Crippen molar-refractivity contribution in [3.63, 3.8) is 0 Å². The quantitative estimate of drug-likeness (QED) is 0.109. The number of hydrogen-bond acceptors (Lipinski definition) is 2. The molecule has 4 aromatic heterocycles. The average Bonchev–Trinajstić information content (AvgIpc) is 1.59. The largest absolute Gasteiger partial charge is 0.455 e. The number of furan rings is 2. The molecule has 0 N–H and O–H groups in total. The lowest BCUT2D eigenvalue weighted by molar-refractivity contribution is 0.669. The third kappa shape index (κ3) is 13.4. The maximum absolute atomic E-state index is 6.61. The van der Waals surface area contributed by atoms with Crippen LogP contribution in [-0.4, -0.2) is 9.13 Å². The third-order valence-corrected chi connectivity index (χ3v) is 24.8. The molecule has 0 aliphatic rings. The van der Waals surface area contributed by atoms with E-state index in [4.69, 9.17) is 8.83 Å². The van der Waals surface area contributed by atoms with Crippen LogP contribution in [0.25, 0.3) is 232 Å². The van der Waals surface area contributed by atoms with Crippen LogP contribution in [0.5, 0.6) is 0 Å². The molecule has 0 saturated carbocycles. The van der Waals surface area contributed by atoms with Crippen molar-refractivity contribution in [3.8, 4) is 145 Å². The molecule has 0 fully saturated rings. The summed E-state index contributed by atoms with van der Waals surface area (Å²) in [6.45, 7) is 0. The normalized spacial score (nSPS) is 11.5. The summed E-state index contributed by atoms with van der Waals surface area (Å²) in [5, 5.41) is 9.35. The van der Waals surface area contributed by atoms with Gasteiger partial charge in [0.25, 0.3) is 0 Å². The van der Waals surface area contributed by atoms with Gasteiger partial charge in [-0.05, 0) is 262 Å². The fraction of sp³-hybridized carbons (Fsp3) is 0. The Hall–Kier alpha value is -16.4. The summed E-state index contributed by atoms with van der Waals surface area (Å²) in [6.07, 6.45) is 0. The number of benzene rings is 20. The molecule has 24 rings (SSSR count). The Kier molecular flexibility index (Phi) is 18.2. The van der Waals surface area contributed by atoms with E-state index < -0.39 is 0 Å². The van der Waals surface area contributed by atoms with Crippen LogP contribution in [0.3, 0.4) is 0 Å². The van der Waals surface area contributed by atoms with E-state index in [0.717, 1.165) is 116 Å². The smallest absolute Gasteiger partial charge is 0.143 e. The summed E-state index contributed by atoms with van der Waals surface area (Å²) >= 11 is 0. The highest BCUT2D eigenvalue weighted by molar-refractivity contribution is 6.15. The molecule has 0 aliphatic carbocycles. The second-order valence-corrected chi connectivity index (χ2v) is 32.2. The predicted molar refractivity (Wildman–Crippen MR) is 521 cm³/mol. The van der Waals surface area contributed by atoms with Crippen LogP contribution in [0.1, 0.15) is 0 Å². The van der Waals surface area contributed by atoms with Gasteiger partial charge in [-0.25, -0.2) is 0 Å². The van der Waals surface area contributed by atoms with Crippen molar-refractivity contribution >= 4 is 87.5 Å². The van der Waals surface area contributed by atoms with Gasteiger partial charge in [-0.15, -0.1) is 0 Å². The molecule has 124 heavy (non-hydrogen) atoms. The molecule has 4 nitrogen and oxygen atoms in total. The van der Waals surface area contributed by atoms with Crippen molar-refractivity contribution in [1.82, 2.24) is 9.13 Å². The molecule has 0 atom stereocenters. The number of hydrogen-bond donors (Lipinski definition) is 0. The van der Waals surface area contributed by atoms with Crippen LogP contribution in [0, 0.1) is 0 Å². The summed E-state index contributed by atoms with van der Waals surface area (Å²) in [5.41, 5.74) is 38.7. The first-order valence-electron chi connectivity index (χ1n) is 42.5. The number of nitrogens with zero attached hydrogens (tertiary/aromatic N) is 2. The summed E-state index contributed by atoms with van der Waals surface area (Å²) in [6, 6.07) is 171. The first kappa shape index (κ1) is 72.8. The molecule has 4 heteroatoms. The van der Waals surface area contributed by atoms with Crippen molar-refractivity contribution in [3.05, 3.63) is 473 Å². The highest BCUT2D eigenvalue weighted by Crippen LogP contribution is 2.46. The summed E-state index contributed by atoms with van der Waals surface area (Å²) in [4.78, 5) is 0. The molecule has 24 aromatic rings. The molecule has 0 saturated heterocycles.